The molecule has 1 N–H and O–H groups in total. The number of thiazole rings is 1. The average molecular weight is 458 g/mol. The predicted molar refractivity (Wildman–Crippen MR) is 126 cm³/mol. The van der Waals surface area contributed by atoms with Gasteiger partial charge in [0.25, 0.3) is 0 Å². The highest BCUT2D eigenvalue weighted by Gasteiger charge is 2.29. The number of hydrogen-bond donors (Lipinski definition) is 1. The number of amides is 1. The van der Waals surface area contributed by atoms with E-state index in [-0.39, 0.29) is 11.8 Å². The second-order valence-corrected chi connectivity index (χ2v) is 10.2. The summed E-state index contributed by atoms with van der Waals surface area (Å²) in [6.07, 6.45) is 7.99. The first-order valence-corrected chi connectivity index (χ1v) is 12.5. The van der Waals surface area contributed by atoms with Gasteiger partial charge in [-0.15, -0.1) is 0 Å². The molecule has 3 heterocycles. The van der Waals surface area contributed by atoms with Crippen LogP contribution in [0.3, 0.4) is 0 Å². The monoisotopic (exact) mass is 457 g/mol. The largest absolute Gasteiger partial charge is 0.353 e. The number of hydrogen-bond acceptors (Lipinski definition) is 5. The Labute approximate surface area is 191 Å². The Kier molecular flexibility index (Phi) is 5.89. The number of nitrogens with one attached hydrogen (secondary N) is 1. The van der Waals surface area contributed by atoms with Crippen LogP contribution in [0.2, 0.25) is 5.02 Å². The topological polar surface area (TPSA) is 63.1 Å². The Hall–Kier alpha value is -2.12. The van der Waals surface area contributed by atoms with Crippen molar-refractivity contribution in [3.8, 4) is 5.69 Å². The summed E-state index contributed by atoms with van der Waals surface area (Å²) in [5, 5.41) is 9.68. The molecule has 164 valence electrons. The predicted octanol–water partition coefficient (Wildman–Crippen LogP) is 5.11. The molecule has 0 bridgehead atoms. The van der Waals surface area contributed by atoms with Gasteiger partial charge < -0.3 is 10.2 Å². The Bertz CT molecular complexity index is 1070. The molecule has 31 heavy (non-hydrogen) atoms. The van der Waals surface area contributed by atoms with E-state index >= 15 is 0 Å². The molecule has 2 aliphatic rings. The molecule has 1 atom stereocenters. The second-order valence-electron chi connectivity index (χ2n) is 8.75. The first-order valence-electron chi connectivity index (χ1n) is 11.3. The van der Waals surface area contributed by atoms with E-state index in [0.29, 0.717) is 11.1 Å². The number of carbonyl (C=O) groups excluding carboxylic acids is 1. The lowest BCUT2D eigenvalue weighted by Gasteiger charge is -2.33. The number of benzene rings is 1. The van der Waals surface area contributed by atoms with E-state index in [2.05, 4.69) is 15.3 Å². The SMILES string of the molecule is Cc1nn(-c2ccc(Cl)cc2)c2nc(N3CCCC(C(=O)NC4CCCCC4)C3)sc12. The lowest BCUT2D eigenvalue weighted by atomic mass is 9.93. The van der Waals surface area contributed by atoms with E-state index in [9.17, 15) is 4.79 Å². The van der Waals surface area contributed by atoms with Gasteiger partial charge in [0.2, 0.25) is 5.91 Å². The Morgan fingerprint density at radius 3 is 2.68 bits per heavy atom. The molecule has 1 saturated carbocycles. The molecule has 0 spiro atoms. The van der Waals surface area contributed by atoms with Crippen molar-refractivity contribution in [3.63, 3.8) is 0 Å². The zero-order valence-corrected chi connectivity index (χ0v) is 19.4. The van der Waals surface area contributed by atoms with E-state index in [4.69, 9.17) is 16.6 Å². The maximum Gasteiger partial charge on any atom is 0.225 e. The molecule has 1 amide bonds. The minimum atomic E-state index is 0.0385. The highest BCUT2D eigenvalue weighted by atomic mass is 35.5. The molecule has 1 saturated heterocycles. The standard InChI is InChI=1S/C23H28ClN5OS/c1-15-20-21(29(27-15)19-11-9-17(24)10-12-19)26-23(31-20)28-13-5-6-16(14-28)22(30)25-18-7-3-2-4-8-18/h9-12,16,18H,2-8,13-14H2,1H3,(H,25,30). The summed E-state index contributed by atoms with van der Waals surface area (Å²) in [5.74, 6) is 0.262. The Balaban J connectivity index is 1.34. The smallest absolute Gasteiger partial charge is 0.225 e. The van der Waals surface area contributed by atoms with Crippen LogP contribution in [0.25, 0.3) is 16.0 Å². The second kappa shape index (κ2) is 8.79. The number of aromatic nitrogens is 3. The van der Waals surface area contributed by atoms with Crippen molar-refractivity contribution in [2.75, 3.05) is 18.0 Å². The normalized spacial score (nSPS) is 20.3. The molecule has 1 aliphatic heterocycles. The van der Waals surface area contributed by atoms with E-state index in [1.807, 2.05) is 35.9 Å². The third kappa shape index (κ3) is 4.30. The number of anilines is 1. The van der Waals surface area contributed by atoms with E-state index in [1.54, 1.807) is 11.3 Å². The molecule has 8 heteroatoms. The zero-order valence-electron chi connectivity index (χ0n) is 17.8. The summed E-state index contributed by atoms with van der Waals surface area (Å²) < 4.78 is 2.98. The quantitative estimate of drug-likeness (QED) is 0.591. The number of nitrogens with zero attached hydrogens (tertiary/aromatic N) is 4. The summed E-state index contributed by atoms with van der Waals surface area (Å²) in [4.78, 5) is 20.1. The van der Waals surface area contributed by atoms with Crippen molar-refractivity contribution >= 4 is 44.3 Å². The van der Waals surface area contributed by atoms with Crippen LogP contribution in [0.15, 0.2) is 24.3 Å². The van der Waals surface area contributed by atoms with Crippen LogP contribution in [-0.4, -0.2) is 39.8 Å². The molecular weight excluding hydrogens is 430 g/mol. The molecule has 3 aromatic rings. The third-order valence-electron chi connectivity index (χ3n) is 6.46. The van der Waals surface area contributed by atoms with Gasteiger partial charge in [-0.1, -0.05) is 42.2 Å². The van der Waals surface area contributed by atoms with Crippen LogP contribution in [-0.2, 0) is 4.79 Å². The number of aryl methyl sites for hydroxylation is 1. The Morgan fingerprint density at radius 2 is 1.90 bits per heavy atom. The van der Waals surface area contributed by atoms with E-state index in [0.717, 1.165) is 65.6 Å². The maximum atomic E-state index is 12.9. The van der Waals surface area contributed by atoms with Gasteiger partial charge in [0, 0.05) is 24.2 Å². The van der Waals surface area contributed by atoms with Crippen LogP contribution in [0, 0.1) is 12.8 Å². The molecule has 2 aromatic heterocycles. The van der Waals surface area contributed by atoms with Gasteiger partial charge >= 0.3 is 0 Å². The zero-order chi connectivity index (χ0) is 21.4. The van der Waals surface area contributed by atoms with Crippen molar-refractivity contribution in [3.05, 3.63) is 35.0 Å². The van der Waals surface area contributed by atoms with Crippen LogP contribution >= 0.6 is 22.9 Å². The Morgan fingerprint density at radius 1 is 1.13 bits per heavy atom. The van der Waals surface area contributed by atoms with Gasteiger partial charge in [-0.3, -0.25) is 4.79 Å². The fourth-order valence-corrected chi connectivity index (χ4v) is 5.90. The number of piperidine rings is 1. The molecule has 5 rings (SSSR count). The fourth-order valence-electron chi connectivity index (χ4n) is 4.75. The minimum absolute atomic E-state index is 0.0385. The van der Waals surface area contributed by atoms with E-state index < -0.39 is 0 Å². The summed E-state index contributed by atoms with van der Waals surface area (Å²) >= 11 is 7.72. The highest BCUT2D eigenvalue weighted by molar-refractivity contribution is 7.22. The average Bonchev–Trinajstić information content (AvgIpc) is 3.36. The molecule has 1 aliphatic carbocycles. The van der Waals surface area contributed by atoms with Crippen molar-refractivity contribution in [1.29, 1.82) is 0 Å². The fraction of sp³-hybridized carbons (Fsp3) is 0.522. The summed E-state index contributed by atoms with van der Waals surface area (Å²) in [7, 11) is 0. The number of fused-ring (bicyclic) bond motifs is 1. The highest BCUT2D eigenvalue weighted by Crippen LogP contribution is 2.34. The molecular formula is C23H28ClN5OS. The van der Waals surface area contributed by atoms with Gasteiger partial charge in [-0.2, -0.15) is 10.1 Å². The number of carbonyl (C=O) groups is 1. The maximum absolute atomic E-state index is 12.9. The molecule has 1 aromatic carbocycles. The van der Waals surface area contributed by atoms with Crippen LogP contribution in [0.1, 0.15) is 50.6 Å². The van der Waals surface area contributed by atoms with Gasteiger partial charge in [0.05, 0.1) is 22.0 Å². The first kappa shape index (κ1) is 20.8. The summed E-state index contributed by atoms with van der Waals surface area (Å²) in [6, 6.07) is 8.02. The van der Waals surface area contributed by atoms with E-state index in [1.165, 1.54) is 19.3 Å². The van der Waals surface area contributed by atoms with Crippen molar-refractivity contribution < 1.29 is 4.79 Å². The third-order valence-corrected chi connectivity index (χ3v) is 7.93. The first-order chi connectivity index (χ1) is 15.1. The number of rotatable bonds is 4. The van der Waals surface area contributed by atoms with Gasteiger partial charge in [-0.25, -0.2) is 4.68 Å². The minimum Gasteiger partial charge on any atom is -0.353 e. The lowest BCUT2D eigenvalue weighted by molar-refractivity contribution is -0.126. The van der Waals surface area contributed by atoms with Crippen molar-refractivity contribution in [2.24, 2.45) is 5.92 Å². The van der Waals surface area contributed by atoms with Crippen LogP contribution in [0.4, 0.5) is 5.13 Å². The summed E-state index contributed by atoms with van der Waals surface area (Å²) in [6.45, 7) is 3.70. The molecule has 1 unspecified atom stereocenters. The van der Waals surface area contributed by atoms with Gasteiger partial charge in [0.15, 0.2) is 10.8 Å². The van der Waals surface area contributed by atoms with Gasteiger partial charge in [0.1, 0.15) is 0 Å². The van der Waals surface area contributed by atoms with Crippen LogP contribution in [0.5, 0.6) is 0 Å². The lowest BCUT2D eigenvalue weighted by Crippen LogP contribution is -2.46. The number of halogens is 1. The summed E-state index contributed by atoms with van der Waals surface area (Å²) in [5.41, 5.74) is 2.79. The molecule has 2 fully saturated rings. The van der Waals surface area contributed by atoms with Crippen molar-refractivity contribution in [2.45, 2.75) is 57.9 Å². The van der Waals surface area contributed by atoms with Gasteiger partial charge in [-0.05, 0) is 56.9 Å². The molecule has 0 radical (unpaired) electrons. The van der Waals surface area contributed by atoms with Crippen LogP contribution < -0.4 is 10.2 Å². The molecule has 6 nitrogen and oxygen atoms in total. The van der Waals surface area contributed by atoms with Crippen molar-refractivity contribution in [1.82, 2.24) is 20.1 Å².